The number of anilines is 1. The van der Waals surface area contributed by atoms with Crippen molar-refractivity contribution in [3.8, 4) is 6.07 Å². The Hall–Kier alpha value is -1.53. The molecule has 0 aliphatic carbocycles. The Morgan fingerprint density at radius 3 is 2.12 bits per heavy atom. The molecule has 0 saturated heterocycles. The van der Waals surface area contributed by atoms with Crippen LogP contribution in [0.25, 0.3) is 0 Å². The van der Waals surface area contributed by atoms with Crippen LogP contribution in [0.2, 0.25) is 0 Å². The molecule has 3 heteroatoms. The maximum absolute atomic E-state index is 10.0. The van der Waals surface area contributed by atoms with Crippen LogP contribution in [0.4, 0.5) is 5.69 Å². The van der Waals surface area contributed by atoms with Crippen LogP contribution < -0.4 is 4.90 Å². The molecular weight excluding hydrogens is 200 g/mol. The fraction of sp³-hybridized carbons (Fsp3) is 0.462. The molecule has 1 aromatic carbocycles. The van der Waals surface area contributed by atoms with Crippen molar-refractivity contribution in [3.63, 3.8) is 0 Å². The van der Waals surface area contributed by atoms with Crippen molar-refractivity contribution in [2.24, 2.45) is 5.41 Å². The van der Waals surface area contributed by atoms with Crippen molar-refractivity contribution >= 4 is 5.69 Å². The van der Waals surface area contributed by atoms with E-state index in [4.69, 9.17) is 5.26 Å². The minimum atomic E-state index is -0.764. The van der Waals surface area contributed by atoms with Gasteiger partial charge >= 0.3 is 0 Å². The van der Waals surface area contributed by atoms with Gasteiger partial charge in [0.2, 0.25) is 0 Å². The molecule has 0 fully saturated rings. The second-order valence-corrected chi connectivity index (χ2v) is 4.72. The van der Waals surface area contributed by atoms with E-state index in [0.29, 0.717) is 0 Å². The number of rotatable bonds is 3. The first kappa shape index (κ1) is 12.5. The summed E-state index contributed by atoms with van der Waals surface area (Å²) >= 11 is 0. The van der Waals surface area contributed by atoms with Crippen LogP contribution in [0.5, 0.6) is 0 Å². The summed E-state index contributed by atoms with van der Waals surface area (Å²) in [6.07, 6.45) is -0.756. The molecule has 0 aliphatic rings. The van der Waals surface area contributed by atoms with Gasteiger partial charge in [-0.25, -0.2) is 0 Å². The van der Waals surface area contributed by atoms with Gasteiger partial charge < -0.3 is 10.0 Å². The van der Waals surface area contributed by atoms with E-state index in [2.05, 4.69) is 6.07 Å². The van der Waals surface area contributed by atoms with Crippen LogP contribution in [-0.4, -0.2) is 19.2 Å². The average molecular weight is 218 g/mol. The summed E-state index contributed by atoms with van der Waals surface area (Å²) < 4.78 is 0. The molecule has 1 unspecified atom stereocenters. The molecule has 1 atom stereocenters. The highest BCUT2D eigenvalue weighted by Gasteiger charge is 2.28. The smallest absolute Gasteiger partial charge is 0.0970 e. The first-order chi connectivity index (χ1) is 7.38. The molecule has 86 valence electrons. The van der Waals surface area contributed by atoms with Crippen LogP contribution >= 0.6 is 0 Å². The van der Waals surface area contributed by atoms with Crippen molar-refractivity contribution in [2.75, 3.05) is 19.0 Å². The van der Waals surface area contributed by atoms with Gasteiger partial charge in [-0.05, 0) is 31.5 Å². The fourth-order valence-corrected chi connectivity index (χ4v) is 1.43. The number of nitriles is 1. The highest BCUT2D eigenvalue weighted by Crippen LogP contribution is 2.32. The molecule has 0 spiro atoms. The van der Waals surface area contributed by atoms with Gasteiger partial charge in [0.25, 0.3) is 0 Å². The zero-order chi connectivity index (χ0) is 12.3. The minimum Gasteiger partial charge on any atom is -0.387 e. The lowest BCUT2D eigenvalue weighted by molar-refractivity contribution is 0.0868. The highest BCUT2D eigenvalue weighted by atomic mass is 16.3. The molecule has 0 saturated carbocycles. The lowest BCUT2D eigenvalue weighted by Crippen LogP contribution is -2.19. The summed E-state index contributed by atoms with van der Waals surface area (Å²) in [6, 6.07) is 9.71. The van der Waals surface area contributed by atoms with Gasteiger partial charge in [0.1, 0.15) is 0 Å². The summed E-state index contributed by atoms with van der Waals surface area (Å²) in [5, 5.41) is 19.0. The molecule has 0 bridgehead atoms. The molecule has 0 heterocycles. The lowest BCUT2D eigenvalue weighted by Gasteiger charge is -2.23. The molecule has 1 N–H and O–H groups in total. The first-order valence-corrected chi connectivity index (χ1v) is 5.25. The standard InChI is InChI=1S/C13H18N2O/c1-13(2,9-14)12(16)10-5-7-11(8-6-10)15(3)4/h5-8,12,16H,1-4H3. The molecule has 16 heavy (non-hydrogen) atoms. The first-order valence-electron chi connectivity index (χ1n) is 5.25. The summed E-state index contributed by atoms with van der Waals surface area (Å²) in [5.41, 5.74) is 1.09. The van der Waals surface area contributed by atoms with Crippen molar-refractivity contribution in [2.45, 2.75) is 20.0 Å². The van der Waals surface area contributed by atoms with E-state index in [1.54, 1.807) is 13.8 Å². The van der Waals surface area contributed by atoms with Gasteiger partial charge in [-0.3, -0.25) is 0 Å². The van der Waals surface area contributed by atoms with E-state index >= 15 is 0 Å². The number of benzene rings is 1. The van der Waals surface area contributed by atoms with Crippen LogP contribution in [-0.2, 0) is 0 Å². The Balaban J connectivity index is 2.95. The van der Waals surface area contributed by atoms with E-state index in [0.717, 1.165) is 11.3 Å². The van der Waals surface area contributed by atoms with E-state index in [9.17, 15) is 5.11 Å². The number of hydrogen-bond acceptors (Lipinski definition) is 3. The third-order valence-electron chi connectivity index (χ3n) is 2.70. The Bertz CT molecular complexity index is 387. The summed E-state index contributed by atoms with van der Waals surface area (Å²) in [6.45, 7) is 3.47. The topological polar surface area (TPSA) is 47.3 Å². The SMILES string of the molecule is CN(C)c1ccc(C(O)C(C)(C)C#N)cc1. The van der Waals surface area contributed by atoms with Crippen LogP contribution in [0, 0.1) is 16.7 Å². The molecular formula is C13H18N2O. The second kappa shape index (κ2) is 4.54. The van der Waals surface area contributed by atoms with E-state index in [1.807, 2.05) is 43.3 Å². The molecule has 0 amide bonds. The fourth-order valence-electron chi connectivity index (χ4n) is 1.43. The number of aliphatic hydroxyl groups is 1. The van der Waals surface area contributed by atoms with Crippen LogP contribution in [0.15, 0.2) is 24.3 Å². The van der Waals surface area contributed by atoms with Gasteiger partial charge in [0, 0.05) is 19.8 Å². The number of nitrogens with zero attached hydrogens (tertiary/aromatic N) is 2. The van der Waals surface area contributed by atoms with Gasteiger partial charge in [-0.15, -0.1) is 0 Å². The average Bonchev–Trinajstić information content (AvgIpc) is 2.28. The quantitative estimate of drug-likeness (QED) is 0.847. The lowest BCUT2D eigenvalue weighted by atomic mass is 9.84. The summed E-state index contributed by atoms with van der Waals surface area (Å²) in [4.78, 5) is 1.99. The predicted molar refractivity (Wildman–Crippen MR) is 65.1 cm³/mol. The largest absolute Gasteiger partial charge is 0.387 e. The normalized spacial score (nSPS) is 13.0. The van der Waals surface area contributed by atoms with Gasteiger partial charge in [-0.2, -0.15) is 5.26 Å². The molecule has 3 nitrogen and oxygen atoms in total. The van der Waals surface area contributed by atoms with E-state index < -0.39 is 11.5 Å². The Kier molecular flexibility index (Phi) is 3.56. The second-order valence-electron chi connectivity index (χ2n) is 4.72. The molecule has 0 aliphatic heterocycles. The van der Waals surface area contributed by atoms with Crippen molar-refractivity contribution < 1.29 is 5.11 Å². The van der Waals surface area contributed by atoms with E-state index in [1.165, 1.54) is 0 Å². The number of hydrogen-bond donors (Lipinski definition) is 1. The van der Waals surface area contributed by atoms with Crippen LogP contribution in [0.3, 0.4) is 0 Å². The minimum absolute atomic E-state index is 0.756. The maximum Gasteiger partial charge on any atom is 0.0970 e. The third kappa shape index (κ3) is 2.53. The van der Waals surface area contributed by atoms with Gasteiger partial charge in [0.05, 0.1) is 17.6 Å². The number of aliphatic hydroxyl groups excluding tert-OH is 1. The predicted octanol–water partition coefficient (Wildman–Crippen LogP) is 2.34. The van der Waals surface area contributed by atoms with E-state index in [-0.39, 0.29) is 0 Å². The zero-order valence-corrected chi connectivity index (χ0v) is 10.2. The maximum atomic E-state index is 10.0. The Morgan fingerprint density at radius 2 is 1.75 bits per heavy atom. The third-order valence-corrected chi connectivity index (χ3v) is 2.70. The zero-order valence-electron chi connectivity index (χ0n) is 10.2. The Morgan fingerprint density at radius 1 is 1.25 bits per heavy atom. The van der Waals surface area contributed by atoms with Gasteiger partial charge in [-0.1, -0.05) is 12.1 Å². The van der Waals surface area contributed by atoms with Gasteiger partial charge in [0.15, 0.2) is 0 Å². The van der Waals surface area contributed by atoms with Crippen LogP contribution in [0.1, 0.15) is 25.5 Å². The van der Waals surface area contributed by atoms with Crippen molar-refractivity contribution in [3.05, 3.63) is 29.8 Å². The van der Waals surface area contributed by atoms with Crippen molar-refractivity contribution in [1.82, 2.24) is 0 Å². The van der Waals surface area contributed by atoms with Crippen molar-refractivity contribution in [1.29, 1.82) is 5.26 Å². The monoisotopic (exact) mass is 218 g/mol. The highest BCUT2D eigenvalue weighted by molar-refractivity contribution is 5.46. The molecule has 1 rings (SSSR count). The summed E-state index contributed by atoms with van der Waals surface area (Å²) in [7, 11) is 3.93. The molecule has 0 radical (unpaired) electrons. The molecule has 1 aromatic rings. The molecule has 0 aromatic heterocycles. The summed E-state index contributed by atoms with van der Waals surface area (Å²) in [5.74, 6) is 0. The Labute approximate surface area is 96.9 Å².